The van der Waals surface area contributed by atoms with E-state index in [0.717, 1.165) is 25.7 Å². The Balaban J connectivity index is 1.69. The lowest BCUT2D eigenvalue weighted by atomic mass is 9.94. The third-order valence-electron chi connectivity index (χ3n) is 7.36. The number of aliphatic carboxylic acids is 1. The predicted octanol–water partition coefficient (Wildman–Crippen LogP) is 2.53. The summed E-state index contributed by atoms with van der Waals surface area (Å²) in [5.41, 5.74) is 1.16. The minimum absolute atomic E-state index is 0.0390. The lowest BCUT2D eigenvalue weighted by Gasteiger charge is -2.32. The molecule has 2 aromatic rings. The molecule has 41 heavy (non-hydrogen) atoms. The van der Waals surface area contributed by atoms with Crippen LogP contribution in [0, 0.1) is 12.8 Å². The van der Waals surface area contributed by atoms with Gasteiger partial charge in [0.15, 0.2) is 11.6 Å². The van der Waals surface area contributed by atoms with E-state index < -0.39 is 36.3 Å². The van der Waals surface area contributed by atoms with E-state index in [1.165, 1.54) is 13.5 Å². The van der Waals surface area contributed by atoms with Gasteiger partial charge in [0.05, 0.1) is 32.5 Å². The van der Waals surface area contributed by atoms with Crippen LogP contribution < -0.4 is 15.4 Å². The van der Waals surface area contributed by atoms with E-state index in [1.54, 1.807) is 39.0 Å². The zero-order chi connectivity index (χ0) is 30.1. The fourth-order valence-electron chi connectivity index (χ4n) is 5.08. The van der Waals surface area contributed by atoms with E-state index in [-0.39, 0.29) is 30.7 Å². The van der Waals surface area contributed by atoms with E-state index in [4.69, 9.17) is 9.26 Å². The van der Waals surface area contributed by atoms with Crippen LogP contribution in [0.25, 0.3) is 11.5 Å². The number of hydrogen-bond donors (Lipinski definition) is 3. The van der Waals surface area contributed by atoms with E-state index >= 15 is 0 Å². The Bertz CT molecular complexity index is 1220. The maximum atomic E-state index is 13.3. The van der Waals surface area contributed by atoms with Gasteiger partial charge in [-0.15, -0.1) is 0 Å². The molecule has 0 bridgehead atoms. The lowest BCUT2D eigenvalue weighted by Crippen LogP contribution is -2.55. The highest BCUT2D eigenvalue weighted by Gasteiger charge is 2.31. The van der Waals surface area contributed by atoms with E-state index in [0.29, 0.717) is 28.6 Å². The molecule has 0 spiro atoms. The number of methoxy groups -OCH3 is 1. The fraction of sp³-hybridized carbons (Fsp3) is 0.586. The Morgan fingerprint density at radius 1 is 1.15 bits per heavy atom. The van der Waals surface area contributed by atoms with Gasteiger partial charge in [-0.05, 0) is 50.9 Å². The summed E-state index contributed by atoms with van der Waals surface area (Å²) in [5.74, 6) is -1.72. The highest BCUT2D eigenvalue weighted by molar-refractivity contribution is 5.95. The molecular weight excluding hydrogens is 530 g/mol. The molecule has 1 aliphatic rings. The second-order valence-electron chi connectivity index (χ2n) is 11.0. The summed E-state index contributed by atoms with van der Waals surface area (Å²) < 4.78 is 10.6. The number of carboxylic acid groups (broad SMARTS) is 1. The van der Waals surface area contributed by atoms with Gasteiger partial charge in [0.25, 0.3) is 5.89 Å². The first-order valence-corrected chi connectivity index (χ1v) is 14.0. The number of hydrogen-bond acceptors (Lipinski definition) is 9. The summed E-state index contributed by atoms with van der Waals surface area (Å²) in [6, 6.07) is 3.20. The monoisotopic (exact) mass is 571 g/mol. The molecule has 1 aromatic carbocycles. The van der Waals surface area contributed by atoms with Gasteiger partial charge < -0.3 is 25.0 Å². The topological polar surface area (TPSA) is 164 Å². The molecule has 1 saturated carbocycles. The van der Waals surface area contributed by atoms with Crippen molar-refractivity contribution in [2.24, 2.45) is 5.92 Å². The normalized spacial score (nSPS) is 15.4. The summed E-state index contributed by atoms with van der Waals surface area (Å²) in [5, 5.41) is 18.6. The average molecular weight is 572 g/mol. The Hall–Kier alpha value is -3.80. The van der Waals surface area contributed by atoms with Crippen LogP contribution in [0.3, 0.4) is 0 Å². The molecule has 3 N–H and O–H groups in total. The van der Waals surface area contributed by atoms with Crippen LogP contribution in [0.15, 0.2) is 22.7 Å². The van der Waals surface area contributed by atoms with Crippen LogP contribution >= 0.6 is 0 Å². The van der Waals surface area contributed by atoms with Gasteiger partial charge in [0.1, 0.15) is 11.8 Å². The fourth-order valence-corrected chi connectivity index (χ4v) is 5.08. The molecule has 2 atom stereocenters. The van der Waals surface area contributed by atoms with E-state index in [2.05, 4.69) is 20.8 Å². The molecule has 12 heteroatoms. The maximum Gasteiger partial charge on any atom is 0.305 e. The van der Waals surface area contributed by atoms with Crippen molar-refractivity contribution in [3.63, 3.8) is 0 Å². The number of ketones is 1. The number of ether oxygens (including phenoxy) is 1. The molecule has 1 heterocycles. The number of rotatable bonds is 14. The molecule has 0 unspecified atom stereocenters. The van der Waals surface area contributed by atoms with Crippen molar-refractivity contribution >= 4 is 23.6 Å². The molecule has 2 amide bonds. The van der Waals surface area contributed by atoms with Crippen LogP contribution in [0.2, 0.25) is 0 Å². The molecule has 0 saturated heterocycles. The third-order valence-corrected chi connectivity index (χ3v) is 7.36. The van der Waals surface area contributed by atoms with Crippen molar-refractivity contribution in [1.29, 1.82) is 0 Å². The number of Topliss-reactive ketones (excluding diaryl/α,β-unsaturated/α-hetero) is 1. The first-order chi connectivity index (χ1) is 19.5. The van der Waals surface area contributed by atoms with Crippen molar-refractivity contribution in [3.8, 4) is 17.2 Å². The Kier molecular flexibility index (Phi) is 11.4. The van der Waals surface area contributed by atoms with Crippen LogP contribution in [-0.4, -0.2) is 82.5 Å². The van der Waals surface area contributed by atoms with Crippen molar-refractivity contribution in [2.45, 2.75) is 83.8 Å². The number of nitrogens with zero attached hydrogens (tertiary/aromatic N) is 3. The maximum absolute atomic E-state index is 13.3. The van der Waals surface area contributed by atoms with Crippen LogP contribution in [0.1, 0.15) is 63.8 Å². The van der Waals surface area contributed by atoms with Gasteiger partial charge in [-0.2, -0.15) is 4.98 Å². The SMILES string of the molecule is COc1ccc(-c2nc(C)no2)cc1CC(=O)N[C@H](C(=O)N[C@@H](CC(=O)O)C(=O)CN(C)C1CCCCC1)C(C)C. The van der Waals surface area contributed by atoms with Crippen molar-refractivity contribution in [2.75, 3.05) is 20.7 Å². The summed E-state index contributed by atoms with van der Waals surface area (Å²) in [6.45, 7) is 5.26. The van der Waals surface area contributed by atoms with Gasteiger partial charge in [0.2, 0.25) is 11.8 Å². The van der Waals surface area contributed by atoms with Crippen molar-refractivity contribution in [1.82, 2.24) is 25.7 Å². The first kappa shape index (κ1) is 31.7. The number of benzene rings is 1. The summed E-state index contributed by atoms with van der Waals surface area (Å²) in [6.07, 6.45) is 4.70. The van der Waals surface area contributed by atoms with Crippen LogP contribution in [0.4, 0.5) is 0 Å². The Morgan fingerprint density at radius 2 is 1.85 bits per heavy atom. The lowest BCUT2D eigenvalue weighted by molar-refractivity contribution is -0.141. The summed E-state index contributed by atoms with van der Waals surface area (Å²) in [4.78, 5) is 57.2. The number of carbonyl (C=O) groups is 4. The molecule has 1 aliphatic carbocycles. The summed E-state index contributed by atoms with van der Waals surface area (Å²) >= 11 is 0. The average Bonchev–Trinajstić information content (AvgIpc) is 3.37. The van der Waals surface area contributed by atoms with Crippen molar-refractivity contribution < 1.29 is 33.5 Å². The standard InChI is InChI=1S/C29H41N5O7/c1-17(2)27(28(39)31-22(15-26(37)38)23(35)16-34(4)21-9-7-6-8-10-21)32-25(36)14-20-13-19(11-12-24(20)40-5)29-30-18(3)33-41-29/h11-13,17,21-22,27H,6-10,14-16H2,1-5H3,(H,31,39)(H,32,36)(H,37,38)/t22-,27-/m0/s1. The molecule has 0 aliphatic heterocycles. The highest BCUT2D eigenvalue weighted by atomic mass is 16.5. The number of carbonyl (C=O) groups excluding carboxylic acids is 3. The molecule has 3 rings (SSSR count). The van der Waals surface area contributed by atoms with Gasteiger partial charge in [-0.3, -0.25) is 24.1 Å². The van der Waals surface area contributed by atoms with E-state index in [9.17, 15) is 24.3 Å². The second kappa shape index (κ2) is 14.7. The third kappa shape index (κ3) is 9.10. The van der Waals surface area contributed by atoms with Crippen molar-refractivity contribution in [3.05, 3.63) is 29.6 Å². The zero-order valence-corrected chi connectivity index (χ0v) is 24.4. The van der Waals surface area contributed by atoms with Gasteiger partial charge >= 0.3 is 5.97 Å². The van der Waals surface area contributed by atoms with Gasteiger partial charge in [0, 0.05) is 17.2 Å². The van der Waals surface area contributed by atoms with E-state index in [1.807, 2.05) is 11.9 Å². The minimum Gasteiger partial charge on any atom is -0.496 e. The number of likely N-dealkylation sites (N-methyl/N-ethyl adjacent to an activating group) is 1. The minimum atomic E-state index is -1.21. The predicted molar refractivity (Wildman–Crippen MR) is 150 cm³/mol. The summed E-state index contributed by atoms with van der Waals surface area (Å²) in [7, 11) is 3.34. The second-order valence-corrected chi connectivity index (χ2v) is 11.0. The largest absolute Gasteiger partial charge is 0.496 e. The smallest absolute Gasteiger partial charge is 0.305 e. The Morgan fingerprint density at radius 3 is 2.44 bits per heavy atom. The number of amides is 2. The molecular formula is C29H41N5O7. The zero-order valence-electron chi connectivity index (χ0n) is 24.4. The molecule has 1 fully saturated rings. The molecule has 1 aromatic heterocycles. The highest BCUT2D eigenvalue weighted by Crippen LogP contribution is 2.26. The number of carboxylic acids is 1. The van der Waals surface area contributed by atoms with Crippen LogP contribution in [0.5, 0.6) is 5.75 Å². The van der Waals surface area contributed by atoms with Gasteiger partial charge in [-0.1, -0.05) is 38.3 Å². The number of aryl methyl sites for hydroxylation is 1. The van der Waals surface area contributed by atoms with Gasteiger partial charge in [-0.25, -0.2) is 0 Å². The quantitative estimate of drug-likeness (QED) is 0.307. The first-order valence-electron chi connectivity index (χ1n) is 14.0. The Labute approximate surface area is 240 Å². The number of aromatic nitrogens is 2. The molecule has 12 nitrogen and oxygen atoms in total. The molecule has 224 valence electrons. The number of nitrogens with one attached hydrogen (secondary N) is 2. The molecule has 0 radical (unpaired) electrons. The van der Waals surface area contributed by atoms with Crippen LogP contribution in [-0.2, 0) is 25.6 Å².